The van der Waals surface area contributed by atoms with E-state index in [-0.39, 0.29) is 17.1 Å². The van der Waals surface area contributed by atoms with Gasteiger partial charge in [0.25, 0.3) is 0 Å². The Hall–Kier alpha value is 0.959. The molecule has 0 atom stereocenters. The van der Waals surface area contributed by atoms with Crippen molar-refractivity contribution in [3.63, 3.8) is 0 Å². The van der Waals surface area contributed by atoms with Gasteiger partial charge in [-0.25, -0.2) is 12.1 Å². The largest absolute Gasteiger partial charge is 0.747 e. The molecule has 2 rings (SSSR count). The van der Waals surface area contributed by atoms with Crippen molar-refractivity contribution < 1.29 is 17.1 Å². The van der Waals surface area contributed by atoms with Gasteiger partial charge in [0.05, 0.1) is 0 Å². The second-order valence-electron chi connectivity index (χ2n) is 3.34. The summed E-state index contributed by atoms with van der Waals surface area (Å²) in [5.41, 5.74) is 1.43. The van der Waals surface area contributed by atoms with Gasteiger partial charge >= 0.3 is 0 Å². The Morgan fingerprint density at radius 3 is 1.37 bits per heavy atom. The first-order chi connectivity index (χ1) is 8.21. The molecule has 19 heavy (non-hydrogen) atoms. The van der Waals surface area contributed by atoms with Crippen molar-refractivity contribution in [2.24, 2.45) is 0 Å². The van der Waals surface area contributed by atoms with E-state index in [0.29, 0.717) is 11.1 Å². The fourth-order valence-corrected chi connectivity index (χ4v) is 1.88. The molecule has 0 bridgehead atoms. The summed E-state index contributed by atoms with van der Waals surface area (Å²) in [5.74, 6) is 0. The van der Waals surface area contributed by atoms with Crippen molar-refractivity contribution in [2.75, 3.05) is 0 Å². The zero-order valence-electron chi connectivity index (χ0n) is 9.24. The number of alkyl halides is 6. The Balaban J connectivity index is 0.000000324. The van der Waals surface area contributed by atoms with E-state index >= 15 is 0 Å². The van der Waals surface area contributed by atoms with Gasteiger partial charge in [-0.15, -0.1) is 40.4 Å². The number of halogens is 6. The van der Waals surface area contributed by atoms with Crippen LogP contribution < -0.4 is 0 Å². The van der Waals surface area contributed by atoms with Gasteiger partial charge in [-0.2, -0.15) is 12.1 Å². The minimum Gasteiger partial charge on any atom is -0.747 e. The van der Waals surface area contributed by atoms with Crippen LogP contribution in [0.25, 0.3) is 0 Å². The van der Waals surface area contributed by atoms with Gasteiger partial charge in [0.2, 0.25) is 0 Å². The van der Waals surface area contributed by atoms with Crippen LogP contribution in [0.2, 0.25) is 0 Å². The average Bonchev–Trinajstić information content (AvgIpc) is 2.91. The zero-order chi connectivity index (χ0) is 13.8. The van der Waals surface area contributed by atoms with E-state index in [4.69, 9.17) is 69.6 Å². The first kappa shape index (κ1) is 20.0. The van der Waals surface area contributed by atoms with Crippen molar-refractivity contribution in [3.8, 4) is 0 Å². The third kappa shape index (κ3) is 7.50. The summed E-state index contributed by atoms with van der Waals surface area (Å²) in [6.07, 6.45) is 0. The number of hydrogen-bond acceptors (Lipinski definition) is 0. The molecule has 2 aromatic rings. The Morgan fingerprint density at radius 2 is 1.16 bits per heavy atom. The predicted octanol–water partition coefficient (Wildman–Crippen LogP) is 6.46. The maximum absolute atomic E-state index is 5.53. The fourth-order valence-electron chi connectivity index (χ4n) is 1.13. The van der Waals surface area contributed by atoms with Gasteiger partial charge in [0.1, 0.15) is 0 Å². The maximum Gasteiger partial charge on any atom is 0.173 e. The van der Waals surface area contributed by atoms with Crippen LogP contribution in [0.4, 0.5) is 0 Å². The molecule has 0 spiro atoms. The summed E-state index contributed by atoms with van der Waals surface area (Å²) < 4.78 is -2.52. The van der Waals surface area contributed by atoms with E-state index in [1.165, 1.54) is 0 Å². The third-order valence-electron chi connectivity index (χ3n) is 1.98. The molecule has 0 saturated carbocycles. The minimum absolute atomic E-state index is 0. The normalized spacial score (nSPS) is 11.3. The molecule has 112 valence electrons. The molecule has 0 saturated heterocycles. The molecule has 0 radical (unpaired) electrons. The molecular weight excluding hydrogens is 413 g/mol. The first-order valence-electron chi connectivity index (χ1n) is 4.79. The summed E-state index contributed by atoms with van der Waals surface area (Å²) in [6, 6.07) is 14.4. The molecule has 7 heteroatoms. The summed E-state index contributed by atoms with van der Waals surface area (Å²) in [5, 5.41) is 0. The second-order valence-corrected chi connectivity index (χ2v) is 7.91. The SMILES string of the molecule is ClC(Cl)(Cl)[c-]1[cH-][cH-][cH-][cH-]1.ClC(Cl)(Cl)[c-]1cccc1.[Fe]. The van der Waals surface area contributed by atoms with Gasteiger partial charge < -0.3 is 29.8 Å². The number of hydrogen-bond donors (Lipinski definition) is 0. The van der Waals surface area contributed by atoms with E-state index in [2.05, 4.69) is 0 Å². The fraction of sp³-hybridized carbons (Fsp3) is 0.167. The minimum atomic E-state index is -1.26. The Labute approximate surface area is 153 Å². The van der Waals surface area contributed by atoms with Crippen LogP contribution in [0.1, 0.15) is 11.1 Å². The summed E-state index contributed by atoms with van der Waals surface area (Å²) in [6.45, 7) is 0. The molecule has 0 aliphatic rings. The number of rotatable bonds is 0. The Kier molecular flexibility index (Phi) is 8.84. The molecule has 0 N–H and O–H groups in total. The molecule has 0 aliphatic heterocycles. The van der Waals surface area contributed by atoms with Crippen LogP contribution >= 0.6 is 69.6 Å². The van der Waals surface area contributed by atoms with Crippen molar-refractivity contribution in [3.05, 3.63) is 59.7 Å². The van der Waals surface area contributed by atoms with Crippen LogP contribution in [0.5, 0.6) is 0 Å². The standard InChI is InChI=1S/2C6H4Cl3.Fe/c2*7-6(8,9)5-3-1-2-4-5;/h2*1-4H;/q-5;-1;. The van der Waals surface area contributed by atoms with Crippen LogP contribution in [-0.4, -0.2) is 0 Å². The van der Waals surface area contributed by atoms with Crippen molar-refractivity contribution in [1.29, 1.82) is 0 Å². The third-order valence-corrected chi connectivity index (χ3v) is 3.29. The quantitative estimate of drug-likeness (QED) is 0.260. The zero-order valence-corrected chi connectivity index (χ0v) is 14.9. The molecule has 0 aromatic heterocycles. The molecule has 0 unspecified atom stereocenters. The first-order valence-corrected chi connectivity index (χ1v) is 7.06. The van der Waals surface area contributed by atoms with E-state index in [1.54, 1.807) is 24.3 Å². The van der Waals surface area contributed by atoms with Gasteiger partial charge in [0, 0.05) is 20.9 Å². The van der Waals surface area contributed by atoms with Crippen LogP contribution in [0.15, 0.2) is 48.5 Å². The molecular formula is C12H8Cl6Fe-6. The monoisotopic (exact) mass is 418 g/mol. The summed E-state index contributed by atoms with van der Waals surface area (Å²) in [7, 11) is 0. The molecule has 2 aromatic carbocycles. The van der Waals surface area contributed by atoms with Crippen molar-refractivity contribution in [2.45, 2.75) is 7.59 Å². The summed E-state index contributed by atoms with van der Waals surface area (Å²) >= 11 is 33.2. The summed E-state index contributed by atoms with van der Waals surface area (Å²) in [4.78, 5) is 0. The topological polar surface area (TPSA) is 0 Å². The molecule has 0 fully saturated rings. The van der Waals surface area contributed by atoms with Crippen molar-refractivity contribution in [1.82, 2.24) is 0 Å². The van der Waals surface area contributed by atoms with Gasteiger partial charge in [-0.05, 0) is 0 Å². The van der Waals surface area contributed by atoms with E-state index < -0.39 is 7.59 Å². The van der Waals surface area contributed by atoms with Crippen LogP contribution in [0, 0.1) is 0 Å². The van der Waals surface area contributed by atoms with E-state index in [0.717, 1.165) is 0 Å². The van der Waals surface area contributed by atoms with Gasteiger partial charge in [0.15, 0.2) is 3.79 Å². The van der Waals surface area contributed by atoms with Crippen molar-refractivity contribution >= 4 is 69.6 Å². The van der Waals surface area contributed by atoms with E-state index in [1.807, 2.05) is 24.3 Å². The van der Waals surface area contributed by atoms with Crippen LogP contribution in [-0.2, 0) is 24.7 Å². The predicted molar refractivity (Wildman–Crippen MR) is 82.5 cm³/mol. The Morgan fingerprint density at radius 1 is 0.737 bits per heavy atom. The second kappa shape index (κ2) is 8.41. The maximum atomic E-state index is 5.53. The van der Waals surface area contributed by atoms with E-state index in [9.17, 15) is 0 Å². The van der Waals surface area contributed by atoms with Gasteiger partial charge in [-0.1, -0.05) is 34.8 Å². The smallest absolute Gasteiger partial charge is 0.173 e. The Bertz CT molecular complexity index is 391. The van der Waals surface area contributed by atoms with Gasteiger partial charge in [-0.3, -0.25) is 0 Å². The molecule has 0 nitrogen and oxygen atoms in total. The molecule has 0 amide bonds. The van der Waals surface area contributed by atoms with Crippen LogP contribution in [0.3, 0.4) is 0 Å². The molecule has 0 aliphatic carbocycles. The molecule has 0 heterocycles. The average molecular weight is 421 g/mol.